The van der Waals surface area contributed by atoms with Crippen LogP contribution in [-0.2, 0) is 0 Å². The topological polar surface area (TPSA) is 88.1 Å². The molecule has 3 N–H and O–H groups in total. The fourth-order valence-corrected chi connectivity index (χ4v) is 2.36. The quantitative estimate of drug-likeness (QED) is 0.836. The third-order valence-corrected chi connectivity index (χ3v) is 3.25. The highest BCUT2D eigenvalue weighted by atomic mass is 79.9. The van der Waals surface area contributed by atoms with E-state index in [2.05, 4.69) is 21.2 Å². The van der Waals surface area contributed by atoms with Gasteiger partial charge in [-0.25, -0.2) is 0 Å². The smallest absolute Gasteiger partial charge is 0.255 e. The Balaban J connectivity index is 2.38. The van der Waals surface area contributed by atoms with Gasteiger partial charge >= 0.3 is 0 Å². The van der Waals surface area contributed by atoms with Crippen molar-refractivity contribution >= 4 is 33.2 Å². The SMILES string of the molecule is COc1cccc(C#N)c1NC(=O)c1cc(N)cc(Br)c1. The van der Waals surface area contributed by atoms with Crippen LogP contribution >= 0.6 is 15.9 Å². The van der Waals surface area contributed by atoms with E-state index in [1.807, 2.05) is 6.07 Å². The fraction of sp³-hybridized carbons (Fsp3) is 0.0667. The molecule has 0 spiro atoms. The summed E-state index contributed by atoms with van der Waals surface area (Å²) in [7, 11) is 1.48. The van der Waals surface area contributed by atoms with Gasteiger partial charge in [0.1, 0.15) is 17.5 Å². The minimum absolute atomic E-state index is 0.325. The van der Waals surface area contributed by atoms with Crippen molar-refractivity contribution in [2.75, 3.05) is 18.2 Å². The van der Waals surface area contributed by atoms with Crippen LogP contribution in [0.4, 0.5) is 11.4 Å². The molecule has 5 nitrogen and oxygen atoms in total. The Morgan fingerprint density at radius 2 is 2.14 bits per heavy atom. The van der Waals surface area contributed by atoms with E-state index in [4.69, 9.17) is 15.7 Å². The first-order valence-corrected chi connectivity index (χ1v) is 6.79. The summed E-state index contributed by atoms with van der Waals surface area (Å²) in [5.41, 5.74) is 7.23. The molecule has 0 heterocycles. The Morgan fingerprint density at radius 1 is 1.38 bits per heavy atom. The number of benzene rings is 2. The zero-order chi connectivity index (χ0) is 15.4. The molecule has 0 saturated heterocycles. The Morgan fingerprint density at radius 3 is 2.76 bits per heavy atom. The molecule has 0 aliphatic carbocycles. The largest absolute Gasteiger partial charge is 0.495 e. The number of nitrogens with zero attached hydrogens (tertiary/aromatic N) is 1. The van der Waals surface area contributed by atoms with Crippen LogP contribution in [0.1, 0.15) is 15.9 Å². The first-order valence-electron chi connectivity index (χ1n) is 5.99. The molecule has 2 aromatic carbocycles. The maximum atomic E-state index is 12.3. The van der Waals surface area contributed by atoms with Crippen LogP contribution in [0.5, 0.6) is 5.75 Å². The van der Waals surface area contributed by atoms with E-state index in [0.29, 0.717) is 32.7 Å². The number of ether oxygens (including phenoxy) is 1. The summed E-state index contributed by atoms with van der Waals surface area (Å²) in [6.45, 7) is 0. The second kappa shape index (κ2) is 6.29. The molecular formula is C15H12BrN3O2. The summed E-state index contributed by atoms with van der Waals surface area (Å²) < 4.78 is 5.87. The zero-order valence-corrected chi connectivity index (χ0v) is 12.8. The number of carbonyl (C=O) groups is 1. The molecular weight excluding hydrogens is 334 g/mol. The second-order valence-electron chi connectivity index (χ2n) is 4.22. The van der Waals surface area contributed by atoms with Gasteiger partial charge in [-0.2, -0.15) is 5.26 Å². The molecule has 6 heteroatoms. The molecule has 0 unspecified atom stereocenters. The number of carbonyl (C=O) groups excluding carboxylic acids is 1. The Labute approximate surface area is 130 Å². The van der Waals surface area contributed by atoms with E-state index < -0.39 is 0 Å². The number of anilines is 2. The van der Waals surface area contributed by atoms with Crippen LogP contribution in [0.25, 0.3) is 0 Å². The van der Waals surface area contributed by atoms with Crippen molar-refractivity contribution in [1.82, 2.24) is 0 Å². The van der Waals surface area contributed by atoms with Crippen molar-refractivity contribution in [2.24, 2.45) is 0 Å². The molecule has 0 bridgehead atoms. The van der Waals surface area contributed by atoms with Crippen molar-refractivity contribution in [3.05, 3.63) is 52.0 Å². The maximum absolute atomic E-state index is 12.3. The summed E-state index contributed by atoms with van der Waals surface area (Å²) in [5, 5.41) is 11.8. The number of hydrogen-bond acceptors (Lipinski definition) is 4. The lowest BCUT2D eigenvalue weighted by molar-refractivity contribution is 0.102. The second-order valence-corrected chi connectivity index (χ2v) is 5.14. The molecule has 0 fully saturated rings. The average molecular weight is 346 g/mol. The van der Waals surface area contributed by atoms with Crippen molar-refractivity contribution < 1.29 is 9.53 Å². The fourth-order valence-electron chi connectivity index (χ4n) is 1.85. The van der Waals surface area contributed by atoms with E-state index in [1.54, 1.807) is 36.4 Å². The van der Waals surface area contributed by atoms with Crippen LogP contribution in [0.3, 0.4) is 0 Å². The number of methoxy groups -OCH3 is 1. The molecule has 2 rings (SSSR count). The normalized spacial score (nSPS) is 9.76. The summed E-state index contributed by atoms with van der Waals surface area (Å²) >= 11 is 3.29. The van der Waals surface area contributed by atoms with Gasteiger partial charge in [-0.3, -0.25) is 4.79 Å². The highest BCUT2D eigenvalue weighted by Gasteiger charge is 2.14. The van der Waals surface area contributed by atoms with Gasteiger partial charge in [-0.1, -0.05) is 22.0 Å². The number of halogens is 1. The summed E-state index contributed by atoms with van der Waals surface area (Å²) in [5.74, 6) is 0.0503. The van der Waals surface area contributed by atoms with E-state index in [-0.39, 0.29) is 5.91 Å². The predicted octanol–water partition coefficient (Wildman–Crippen LogP) is 3.16. The number of nitrogens with two attached hydrogens (primary N) is 1. The van der Waals surface area contributed by atoms with Crippen LogP contribution in [0.2, 0.25) is 0 Å². The Bertz CT molecular complexity index is 718. The summed E-state index contributed by atoms with van der Waals surface area (Å²) in [6.07, 6.45) is 0. The molecule has 0 radical (unpaired) electrons. The number of rotatable bonds is 3. The minimum Gasteiger partial charge on any atom is -0.495 e. The monoisotopic (exact) mass is 345 g/mol. The van der Waals surface area contributed by atoms with Crippen molar-refractivity contribution in [2.45, 2.75) is 0 Å². The maximum Gasteiger partial charge on any atom is 0.255 e. The molecule has 2 aromatic rings. The highest BCUT2D eigenvalue weighted by Crippen LogP contribution is 2.28. The third kappa shape index (κ3) is 3.33. The molecule has 0 saturated carbocycles. The molecule has 1 amide bonds. The van der Waals surface area contributed by atoms with E-state index in [0.717, 1.165) is 0 Å². The van der Waals surface area contributed by atoms with E-state index in [9.17, 15) is 4.79 Å². The molecule has 0 aromatic heterocycles. The average Bonchev–Trinajstić information content (AvgIpc) is 2.46. The van der Waals surface area contributed by atoms with Gasteiger partial charge in [0.05, 0.1) is 12.7 Å². The van der Waals surface area contributed by atoms with Gasteiger partial charge in [0.25, 0.3) is 5.91 Å². The highest BCUT2D eigenvalue weighted by molar-refractivity contribution is 9.10. The van der Waals surface area contributed by atoms with Gasteiger partial charge in [0.2, 0.25) is 0 Å². The number of nitrogen functional groups attached to an aromatic ring is 1. The predicted molar refractivity (Wildman–Crippen MR) is 84.2 cm³/mol. The minimum atomic E-state index is -0.371. The Kier molecular flexibility index (Phi) is 4.45. The zero-order valence-electron chi connectivity index (χ0n) is 11.2. The molecule has 21 heavy (non-hydrogen) atoms. The standard InChI is InChI=1S/C15H12BrN3O2/c1-21-13-4-2-3-9(8-17)14(13)19-15(20)10-5-11(16)7-12(18)6-10/h2-7H,18H2,1H3,(H,19,20). The van der Waals surface area contributed by atoms with E-state index >= 15 is 0 Å². The lowest BCUT2D eigenvalue weighted by Crippen LogP contribution is -2.14. The van der Waals surface area contributed by atoms with Crippen molar-refractivity contribution in [3.63, 3.8) is 0 Å². The third-order valence-electron chi connectivity index (χ3n) is 2.79. The van der Waals surface area contributed by atoms with Crippen LogP contribution in [-0.4, -0.2) is 13.0 Å². The Hall–Kier alpha value is -2.52. The number of hydrogen-bond donors (Lipinski definition) is 2. The number of para-hydroxylation sites is 1. The van der Waals surface area contributed by atoms with Crippen molar-refractivity contribution in [1.29, 1.82) is 5.26 Å². The van der Waals surface area contributed by atoms with Crippen LogP contribution in [0, 0.1) is 11.3 Å². The van der Waals surface area contributed by atoms with E-state index in [1.165, 1.54) is 7.11 Å². The first-order chi connectivity index (χ1) is 10.0. The van der Waals surface area contributed by atoms with Crippen molar-refractivity contribution in [3.8, 4) is 11.8 Å². The summed E-state index contributed by atoms with van der Waals surface area (Å²) in [6, 6.07) is 11.9. The summed E-state index contributed by atoms with van der Waals surface area (Å²) in [4.78, 5) is 12.3. The molecule has 0 aliphatic heterocycles. The first kappa shape index (κ1) is 14.9. The molecule has 0 atom stereocenters. The van der Waals surface area contributed by atoms with Gasteiger partial charge in [-0.05, 0) is 30.3 Å². The van der Waals surface area contributed by atoms with Gasteiger partial charge in [0.15, 0.2) is 0 Å². The number of amides is 1. The van der Waals surface area contributed by atoms with Gasteiger partial charge in [-0.15, -0.1) is 0 Å². The van der Waals surface area contributed by atoms with Gasteiger partial charge in [0, 0.05) is 15.7 Å². The van der Waals surface area contributed by atoms with Crippen LogP contribution in [0.15, 0.2) is 40.9 Å². The number of nitrogens with one attached hydrogen (secondary N) is 1. The lowest BCUT2D eigenvalue weighted by atomic mass is 10.1. The lowest BCUT2D eigenvalue weighted by Gasteiger charge is -2.12. The molecule has 106 valence electrons. The van der Waals surface area contributed by atoms with Crippen LogP contribution < -0.4 is 15.8 Å². The molecule has 0 aliphatic rings. The van der Waals surface area contributed by atoms with Gasteiger partial charge < -0.3 is 15.8 Å². The number of nitriles is 1.